The minimum atomic E-state index is -4.06. The number of H-pyrrole nitrogens is 1. The Morgan fingerprint density at radius 2 is 1.93 bits per heavy atom. The summed E-state index contributed by atoms with van der Waals surface area (Å²) in [6, 6.07) is 14.0. The molecule has 3 N–H and O–H groups in total. The number of hydrogen-bond donors (Lipinski definition) is 3. The average molecular weight is 587 g/mol. The van der Waals surface area contributed by atoms with Crippen LogP contribution in [-0.2, 0) is 27.9 Å². The highest BCUT2D eigenvalue weighted by Gasteiger charge is 2.24. The Hall–Kier alpha value is -4.75. The maximum absolute atomic E-state index is 13.3. The molecule has 0 radical (unpaired) electrons. The van der Waals surface area contributed by atoms with Crippen molar-refractivity contribution in [3.8, 4) is 0 Å². The average Bonchev–Trinajstić information content (AvgIpc) is 3.41. The second-order valence-electron chi connectivity index (χ2n) is 9.86. The molecule has 13 heteroatoms. The maximum Gasteiger partial charge on any atom is 0.268 e. The second-order valence-corrected chi connectivity index (χ2v) is 11.6. The quantitative estimate of drug-likeness (QED) is 0.225. The van der Waals surface area contributed by atoms with Crippen LogP contribution in [0.25, 0.3) is 11.0 Å². The van der Waals surface area contributed by atoms with Gasteiger partial charge in [0.1, 0.15) is 10.4 Å². The fourth-order valence-electron chi connectivity index (χ4n) is 4.93. The summed E-state index contributed by atoms with van der Waals surface area (Å²) < 4.78 is 30.1. The molecule has 0 aliphatic rings. The van der Waals surface area contributed by atoms with Gasteiger partial charge in [-0.1, -0.05) is 29.5 Å². The minimum absolute atomic E-state index is 0.0409. The number of nitrogens with one attached hydrogen (secondary N) is 3. The number of nitrogens with zero attached hydrogens (tertiary/aromatic N) is 5. The Bertz CT molecular complexity index is 1920. The maximum atomic E-state index is 13.3. The van der Waals surface area contributed by atoms with Crippen molar-refractivity contribution >= 4 is 32.7 Å². The Kier molecular flexibility index (Phi) is 8.22. The molecule has 0 aliphatic carbocycles. The summed E-state index contributed by atoms with van der Waals surface area (Å²) in [7, 11) is -4.06. The number of carbonyl (C=O) groups excluding carboxylic acids is 1. The summed E-state index contributed by atoms with van der Waals surface area (Å²) in [5.74, 6) is -0.611. The van der Waals surface area contributed by atoms with Crippen molar-refractivity contribution < 1.29 is 13.2 Å². The van der Waals surface area contributed by atoms with Gasteiger partial charge in [-0.3, -0.25) is 9.59 Å². The van der Waals surface area contributed by atoms with Gasteiger partial charge in [-0.2, -0.15) is 10.2 Å². The third kappa shape index (κ3) is 5.97. The molecule has 216 valence electrons. The topological polar surface area (TPSA) is 165 Å². The van der Waals surface area contributed by atoms with Crippen molar-refractivity contribution in [2.24, 2.45) is 0 Å². The lowest BCUT2D eigenvalue weighted by Crippen LogP contribution is -2.29. The van der Waals surface area contributed by atoms with E-state index in [-0.39, 0.29) is 29.7 Å². The number of rotatable bonds is 10. The van der Waals surface area contributed by atoms with Gasteiger partial charge in [-0.25, -0.2) is 17.8 Å². The zero-order chi connectivity index (χ0) is 29.9. The Morgan fingerprint density at radius 1 is 1.10 bits per heavy atom. The van der Waals surface area contributed by atoms with Crippen molar-refractivity contribution in [2.45, 2.75) is 51.1 Å². The molecular formula is C29H30N8O4S. The third-order valence-electron chi connectivity index (χ3n) is 7.21. The second kappa shape index (κ2) is 12.0. The number of aromatic nitrogens is 6. The van der Waals surface area contributed by atoms with Crippen LogP contribution < -0.4 is 15.6 Å². The molecule has 1 amide bonds. The van der Waals surface area contributed by atoms with Crippen LogP contribution in [0.15, 0.2) is 76.8 Å². The molecule has 0 spiro atoms. The standard InChI is InChI=1S/C29H30N8O4S/c1-4-37-25-10-9-23(19(3)28(25)35-36-37)24(15-27(38)34-22-11-13-31-32-17-22)20-8-7-18(2)21(14-20)16-33-42(40,41)26-6-5-12-30-29(26)39/h5-14,17,24,33H,4,15-16H2,1-3H3,(H,30,39)(H,31,34,38)/t24-/m0/s1. The van der Waals surface area contributed by atoms with E-state index in [2.05, 4.69) is 35.5 Å². The summed E-state index contributed by atoms with van der Waals surface area (Å²) >= 11 is 0. The number of hydrogen-bond acceptors (Lipinski definition) is 8. The lowest BCUT2D eigenvalue weighted by molar-refractivity contribution is -0.116. The van der Waals surface area contributed by atoms with Crippen LogP contribution in [0.1, 0.15) is 47.1 Å². The number of amides is 1. The van der Waals surface area contributed by atoms with Crippen LogP contribution in [-0.4, -0.2) is 44.5 Å². The summed E-state index contributed by atoms with van der Waals surface area (Å²) in [4.78, 5) is 27.4. The fraction of sp³-hybridized carbons (Fsp3) is 0.241. The highest BCUT2D eigenvalue weighted by molar-refractivity contribution is 7.89. The number of benzene rings is 2. The van der Waals surface area contributed by atoms with Gasteiger partial charge in [-0.05, 0) is 72.9 Å². The van der Waals surface area contributed by atoms with Crippen LogP contribution in [0.2, 0.25) is 0 Å². The number of sulfonamides is 1. The number of anilines is 1. The van der Waals surface area contributed by atoms with Crippen LogP contribution in [0.5, 0.6) is 0 Å². The summed E-state index contributed by atoms with van der Waals surface area (Å²) in [6.07, 6.45) is 4.45. The highest BCUT2D eigenvalue weighted by atomic mass is 32.2. The molecule has 12 nitrogen and oxygen atoms in total. The predicted octanol–water partition coefficient (Wildman–Crippen LogP) is 3.19. The first-order chi connectivity index (χ1) is 20.2. The first-order valence-corrected chi connectivity index (χ1v) is 14.8. The van der Waals surface area contributed by atoms with Crippen LogP contribution in [0.3, 0.4) is 0 Å². The molecule has 3 aromatic heterocycles. The fourth-order valence-corrected chi connectivity index (χ4v) is 5.99. The molecule has 0 aliphatic heterocycles. The lowest BCUT2D eigenvalue weighted by Gasteiger charge is -2.22. The van der Waals surface area contributed by atoms with Crippen LogP contribution in [0.4, 0.5) is 5.69 Å². The number of fused-ring (bicyclic) bond motifs is 1. The van der Waals surface area contributed by atoms with Gasteiger partial charge >= 0.3 is 0 Å². The smallest absolute Gasteiger partial charge is 0.268 e. The monoisotopic (exact) mass is 586 g/mol. The molecule has 3 heterocycles. The first-order valence-electron chi connectivity index (χ1n) is 13.3. The van der Waals surface area contributed by atoms with E-state index in [1.165, 1.54) is 30.7 Å². The molecule has 0 saturated carbocycles. The Labute approximate surface area is 242 Å². The van der Waals surface area contributed by atoms with Gasteiger partial charge in [0.15, 0.2) is 0 Å². The van der Waals surface area contributed by atoms with Gasteiger partial charge in [0.25, 0.3) is 5.56 Å². The van der Waals surface area contributed by atoms with E-state index in [0.717, 1.165) is 33.3 Å². The predicted molar refractivity (Wildman–Crippen MR) is 157 cm³/mol. The molecule has 42 heavy (non-hydrogen) atoms. The Morgan fingerprint density at radius 3 is 2.67 bits per heavy atom. The zero-order valence-electron chi connectivity index (χ0n) is 23.3. The van der Waals surface area contributed by atoms with E-state index in [1.807, 2.05) is 55.8 Å². The van der Waals surface area contributed by atoms with Gasteiger partial charge in [0, 0.05) is 31.6 Å². The minimum Gasteiger partial charge on any atom is -0.328 e. The molecule has 2 aromatic carbocycles. The van der Waals surface area contributed by atoms with E-state index in [1.54, 1.807) is 6.07 Å². The van der Waals surface area contributed by atoms with Crippen molar-refractivity contribution in [1.29, 1.82) is 0 Å². The summed E-state index contributed by atoms with van der Waals surface area (Å²) in [5.41, 5.74) is 5.68. The zero-order valence-corrected chi connectivity index (χ0v) is 24.1. The SMILES string of the molecule is CCn1nnc2c(C)c([C@@H](CC(=O)Nc3ccnnc3)c3ccc(C)c(CNS(=O)(=O)c4ccc[nH]c4=O)c3)ccc21. The first kappa shape index (κ1) is 28.8. The molecule has 0 fully saturated rings. The van der Waals surface area contributed by atoms with E-state index in [0.29, 0.717) is 17.8 Å². The number of aryl methyl sites for hydroxylation is 3. The van der Waals surface area contributed by atoms with E-state index >= 15 is 0 Å². The van der Waals surface area contributed by atoms with Crippen molar-refractivity contribution in [1.82, 2.24) is 34.9 Å². The van der Waals surface area contributed by atoms with E-state index < -0.39 is 15.6 Å². The lowest BCUT2D eigenvalue weighted by atomic mass is 9.84. The molecule has 5 rings (SSSR count). The van der Waals surface area contributed by atoms with Crippen molar-refractivity contribution in [2.75, 3.05) is 5.32 Å². The molecular weight excluding hydrogens is 556 g/mol. The normalized spacial score (nSPS) is 12.4. The van der Waals surface area contributed by atoms with E-state index in [9.17, 15) is 18.0 Å². The third-order valence-corrected chi connectivity index (χ3v) is 8.64. The van der Waals surface area contributed by atoms with Crippen LogP contribution >= 0.6 is 0 Å². The van der Waals surface area contributed by atoms with Gasteiger partial charge in [0.2, 0.25) is 15.9 Å². The van der Waals surface area contributed by atoms with Gasteiger partial charge < -0.3 is 10.3 Å². The molecule has 0 saturated heterocycles. The van der Waals surface area contributed by atoms with Crippen molar-refractivity contribution in [3.63, 3.8) is 0 Å². The summed E-state index contributed by atoms with van der Waals surface area (Å²) in [5, 5.41) is 19.1. The number of aromatic amines is 1. The molecule has 0 unspecified atom stereocenters. The van der Waals surface area contributed by atoms with Crippen LogP contribution in [0, 0.1) is 13.8 Å². The van der Waals surface area contributed by atoms with Crippen molar-refractivity contribution in [3.05, 3.63) is 105 Å². The Balaban J connectivity index is 1.51. The molecule has 1 atom stereocenters. The summed E-state index contributed by atoms with van der Waals surface area (Å²) in [6.45, 7) is 6.47. The highest BCUT2D eigenvalue weighted by Crippen LogP contribution is 2.34. The largest absolute Gasteiger partial charge is 0.328 e. The van der Waals surface area contributed by atoms with Gasteiger partial charge in [0.05, 0.1) is 23.6 Å². The van der Waals surface area contributed by atoms with Gasteiger partial charge in [-0.15, -0.1) is 5.10 Å². The number of pyridine rings is 1. The molecule has 0 bridgehead atoms. The van der Waals surface area contributed by atoms with E-state index in [4.69, 9.17) is 0 Å². The number of carbonyl (C=O) groups is 1. The molecule has 5 aromatic rings.